The van der Waals surface area contributed by atoms with E-state index < -0.39 is 6.04 Å². The molecule has 2 amide bonds. The van der Waals surface area contributed by atoms with Crippen molar-refractivity contribution in [2.45, 2.75) is 25.3 Å². The zero-order valence-corrected chi connectivity index (χ0v) is 24.4. The molecule has 0 bridgehead atoms. The molecule has 13 nitrogen and oxygen atoms in total. The average molecular weight is 613 g/mol. The van der Waals surface area contributed by atoms with Gasteiger partial charge in [-0.25, -0.2) is 9.67 Å². The molecule has 2 N–H and O–H groups in total. The van der Waals surface area contributed by atoms with Gasteiger partial charge in [-0.3, -0.25) is 14.7 Å². The summed E-state index contributed by atoms with van der Waals surface area (Å²) in [5.74, 6) is 0.404. The van der Waals surface area contributed by atoms with Crippen molar-refractivity contribution in [2.75, 3.05) is 43.1 Å². The number of anilines is 2. The minimum absolute atomic E-state index is 0.146. The fourth-order valence-corrected chi connectivity index (χ4v) is 6.19. The summed E-state index contributed by atoms with van der Waals surface area (Å²) >= 11 is 6.32. The summed E-state index contributed by atoms with van der Waals surface area (Å²) in [5.41, 5.74) is 4.73. The van der Waals surface area contributed by atoms with Gasteiger partial charge in [-0.2, -0.15) is 5.10 Å². The van der Waals surface area contributed by atoms with Gasteiger partial charge in [0.1, 0.15) is 18.2 Å². The maximum Gasteiger partial charge on any atom is 0.251 e. The van der Waals surface area contributed by atoms with Crippen LogP contribution in [0.25, 0.3) is 16.6 Å². The third-order valence-corrected chi connectivity index (χ3v) is 8.35. The molecule has 1 saturated heterocycles. The summed E-state index contributed by atoms with van der Waals surface area (Å²) in [4.78, 5) is 36.7. The number of aromatic nitrogens is 7. The first kappa shape index (κ1) is 27.9. The third kappa shape index (κ3) is 5.47. The van der Waals surface area contributed by atoms with E-state index in [2.05, 4.69) is 35.9 Å². The van der Waals surface area contributed by atoms with Crippen LogP contribution in [0.5, 0.6) is 0 Å². The first-order valence-electron chi connectivity index (χ1n) is 14.4. The number of nitrogens with zero attached hydrogens (tertiary/aromatic N) is 8. The van der Waals surface area contributed by atoms with Gasteiger partial charge in [0.15, 0.2) is 0 Å². The van der Waals surface area contributed by atoms with Gasteiger partial charge in [-0.1, -0.05) is 11.6 Å². The van der Waals surface area contributed by atoms with Crippen molar-refractivity contribution in [3.05, 3.63) is 82.9 Å². The molecule has 1 atom stereocenters. The van der Waals surface area contributed by atoms with E-state index in [1.165, 1.54) is 6.33 Å². The molecular weight excluding hydrogens is 584 g/mol. The molecule has 3 aromatic heterocycles. The average Bonchev–Trinajstić information content (AvgIpc) is 3.76. The Kier molecular flexibility index (Phi) is 7.62. The van der Waals surface area contributed by atoms with Crippen LogP contribution in [-0.2, 0) is 27.2 Å². The summed E-state index contributed by atoms with van der Waals surface area (Å²) < 4.78 is 7.09. The first-order valence-corrected chi connectivity index (χ1v) is 14.8. The number of nitrogens with one attached hydrogen (secondary N) is 2. The highest BCUT2D eigenvalue weighted by molar-refractivity contribution is 6.30. The van der Waals surface area contributed by atoms with Crippen LogP contribution < -0.4 is 10.2 Å². The second-order valence-corrected chi connectivity index (χ2v) is 11.2. The molecule has 7 rings (SSSR count). The van der Waals surface area contributed by atoms with Gasteiger partial charge in [-0.05, 0) is 76.9 Å². The number of carbonyl (C=O) groups is 2. The topological polar surface area (TPSA) is 147 Å². The summed E-state index contributed by atoms with van der Waals surface area (Å²) in [6.07, 6.45) is 6.08. The van der Waals surface area contributed by atoms with Crippen LogP contribution in [0.2, 0.25) is 5.02 Å². The molecule has 5 heterocycles. The van der Waals surface area contributed by atoms with Gasteiger partial charge in [0.05, 0.1) is 30.6 Å². The van der Waals surface area contributed by atoms with E-state index in [0.29, 0.717) is 43.3 Å². The Morgan fingerprint density at radius 2 is 1.98 bits per heavy atom. The van der Waals surface area contributed by atoms with Crippen molar-refractivity contribution in [3.63, 3.8) is 0 Å². The standard InChI is InChI=1S/C30H29ClN10O3/c31-21-3-5-26(41-18-34-37-38-41)19(15-21)2-6-27(42)40-10-8-24-23(7-9-32-29(24)39-11-13-44-14-12-39)28(40)30(43)35-22-4-1-20-17-33-36-25(20)16-22/h1,3-5,7,9,15-18,28H,2,6,8,10-14H2,(H,33,36)(H,35,43). The van der Waals surface area contributed by atoms with Crippen LogP contribution in [0.4, 0.5) is 11.5 Å². The number of fused-ring (bicyclic) bond motifs is 2. The molecular formula is C30H29ClN10O3. The maximum atomic E-state index is 14.1. The SMILES string of the molecule is O=C(Nc1ccc2cn[nH]c2c1)C1c2ccnc(N3CCOCC3)c2CCN1C(=O)CCc1cc(Cl)ccc1-n1cnnn1. The first-order chi connectivity index (χ1) is 21.5. The lowest BCUT2D eigenvalue weighted by Gasteiger charge is -2.39. The Morgan fingerprint density at radius 1 is 1.09 bits per heavy atom. The second-order valence-electron chi connectivity index (χ2n) is 10.7. The van der Waals surface area contributed by atoms with E-state index in [-0.39, 0.29) is 18.2 Å². The van der Waals surface area contributed by atoms with E-state index in [1.807, 2.05) is 36.4 Å². The van der Waals surface area contributed by atoms with Gasteiger partial charge in [0.25, 0.3) is 5.91 Å². The number of halogens is 1. The van der Waals surface area contributed by atoms with E-state index in [0.717, 1.165) is 52.2 Å². The number of pyridine rings is 1. The molecule has 2 aliphatic heterocycles. The Balaban J connectivity index is 1.19. The van der Waals surface area contributed by atoms with Crippen molar-refractivity contribution in [1.29, 1.82) is 0 Å². The molecule has 0 spiro atoms. The monoisotopic (exact) mass is 612 g/mol. The minimum Gasteiger partial charge on any atom is -0.378 e. The number of carbonyl (C=O) groups excluding carboxylic acids is 2. The van der Waals surface area contributed by atoms with E-state index in [9.17, 15) is 9.59 Å². The van der Waals surface area contributed by atoms with Crippen LogP contribution in [0.1, 0.15) is 29.2 Å². The number of amides is 2. The lowest BCUT2D eigenvalue weighted by Crippen LogP contribution is -2.46. The highest BCUT2D eigenvalue weighted by Crippen LogP contribution is 2.36. The smallest absolute Gasteiger partial charge is 0.251 e. The largest absolute Gasteiger partial charge is 0.378 e. The molecule has 5 aromatic rings. The fourth-order valence-electron chi connectivity index (χ4n) is 6.00. The third-order valence-electron chi connectivity index (χ3n) is 8.11. The van der Waals surface area contributed by atoms with Crippen LogP contribution in [0, 0.1) is 0 Å². The highest BCUT2D eigenvalue weighted by atomic mass is 35.5. The second kappa shape index (κ2) is 12.0. The molecule has 14 heteroatoms. The zero-order valence-electron chi connectivity index (χ0n) is 23.7. The van der Waals surface area contributed by atoms with E-state index in [4.69, 9.17) is 21.3 Å². The summed E-state index contributed by atoms with van der Waals surface area (Å²) in [5, 5.41) is 23.0. The molecule has 1 unspecified atom stereocenters. The molecule has 0 radical (unpaired) electrons. The number of aryl methyl sites for hydroxylation is 1. The Morgan fingerprint density at radius 3 is 2.82 bits per heavy atom. The zero-order chi connectivity index (χ0) is 30.0. The highest BCUT2D eigenvalue weighted by Gasteiger charge is 2.38. The van der Waals surface area contributed by atoms with Crippen LogP contribution >= 0.6 is 11.6 Å². The number of ether oxygens (including phenoxy) is 1. The normalized spacial score (nSPS) is 16.6. The summed E-state index contributed by atoms with van der Waals surface area (Å²) in [7, 11) is 0. The molecule has 2 aromatic carbocycles. The van der Waals surface area contributed by atoms with Crippen LogP contribution in [0.3, 0.4) is 0 Å². The van der Waals surface area contributed by atoms with Gasteiger partial charge in [0, 0.05) is 53.9 Å². The number of tetrazole rings is 1. The van der Waals surface area contributed by atoms with Gasteiger partial charge in [0.2, 0.25) is 5.91 Å². The number of H-pyrrole nitrogens is 1. The number of rotatable bonds is 7. The minimum atomic E-state index is -0.843. The number of benzene rings is 2. The molecule has 0 aliphatic carbocycles. The van der Waals surface area contributed by atoms with Crippen LogP contribution in [-0.4, -0.2) is 85.0 Å². The number of hydrogen-bond donors (Lipinski definition) is 2. The molecule has 224 valence electrons. The van der Waals surface area contributed by atoms with E-state index in [1.54, 1.807) is 28.0 Å². The molecule has 2 aliphatic rings. The molecule has 1 fully saturated rings. The van der Waals surface area contributed by atoms with Crippen molar-refractivity contribution in [1.82, 2.24) is 40.3 Å². The fraction of sp³-hybridized carbons (Fsp3) is 0.300. The van der Waals surface area contributed by atoms with E-state index >= 15 is 0 Å². The molecule has 0 saturated carbocycles. The maximum absolute atomic E-state index is 14.1. The van der Waals surface area contributed by atoms with Gasteiger partial charge in [-0.15, -0.1) is 5.10 Å². The lowest BCUT2D eigenvalue weighted by molar-refractivity contribution is -0.139. The number of morpholine rings is 1. The van der Waals surface area contributed by atoms with Crippen LogP contribution in [0.15, 0.2) is 61.2 Å². The quantitative estimate of drug-likeness (QED) is 0.283. The molecule has 44 heavy (non-hydrogen) atoms. The Hall–Kier alpha value is -4.88. The lowest BCUT2D eigenvalue weighted by atomic mass is 9.91. The Bertz CT molecular complexity index is 1820. The predicted molar refractivity (Wildman–Crippen MR) is 163 cm³/mol. The summed E-state index contributed by atoms with van der Waals surface area (Å²) in [6, 6.07) is 12.0. The predicted octanol–water partition coefficient (Wildman–Crippen LogP) is 3.12. The van der Waals surface area contributed by atoms with Crippen molar-refractivity contribution < 1.29 is 14.3 Å². The number of hydrogen-bond acceptors (Lipinski definition) is 9. The van der Waals surface area contributed by atoms with Gasteiger partial charge >= 0.3 is 0 Å². The van der Waals surface area contributed by atoms with Gasteiger partial charge < -0.3 is 19.9 Å². The Labute approximate surface area is 257 Å². The van der Waals surface area contributed by atoms with Crippen molar-refractivity contribution in [2.24, 2.45) is 0 Å². The van der Waals surface area contributed by atoms with Crippen molar-refractivity contribution in [3.8, 4) is 5.69 Å². The number of aromatic amines is 1. The summed E-state index contributed by atoms with van der Waals surface area (Å²) in [6.45, 7) is 3.05. The van der Waals surface area contributed by atoms with Crippen molar-refractivity contribution >= 4 is 45.8 Å².